The number of rotatable bonds is 7. The molecule has 2 aliphatic rings. The Hall–Kier alpha value is -7.74. The van der Waals surface area contributed by atoms with E-state index in [4.69, 9.17) is 16.5 Å². The van der Waals surface area contributed by atoms with Crippen molar-refractivity contribution >= 4 is 5.69 Å². The van der Waals surface area contributed by atoms with Gasteiger partial charge in [-0.1, -0.05) is 171 Å². The van der Waals surface area contributed by atoms with E-state index in [1.165, 1.54) is 63.8 Å². The molecule has 0 N–H and O–H groups in total. The van der Waals surface area contributed by atoms with Crippen LogP contribution in [0.3, 0.4) is 0 Å². The zero-order valence-electron chi connectivity index (χ0n) is 34.3. The fraction of sp³-hybridized carbons (Fsp3) is 0.103. The second kappa shape index (κ2) is 15.7. The summed E-state index contributed by atoms with van der Waals surface area (Å²) >= 11 is 0. The van der Waals surface area contributed by atoms with Gasteiger partial charge in [0.2, 0.25) is 0 Å². The quantitative estimate of drug-likeness (QED) is 0.151. The Morgan fingerprint density at radius 2 is 0.919 bits per heavy atom. The third kappa shape index (κ3) is 6.79. The second-order valence-electron chi connectivity index (χ2n) is 16.6. The molecule has 0 amide bonds. The molecule has 1 fully saturated rings. The Morgan fingerprint density at radius 1 is 0.403 bits per heavy atom. The van der Waals surface area contributed by atoms with Gasteiger partial charge in [-0.05, 0) is 110 Å². The largest absolute Gasteiger partial charge is 0.264 e. The average Bonchev–Trinajstić information content (AvgIpc) is 3.61. The molecule has 2 heterocycles. The van der Waals surface area contributed by atoms with Crippen LogP contribution >= 0.6 is 0 Å². The first kappa shape index (κ1) is 37.3. The van der Waals surface area contributed by atoms with Gasteiger partial charge in [0.25, 0.3) is 0 Å². The number of hydrogen-bond donors (Lipinski definition) is 0. The minimum Gasteiger partial charge on any atom is -0.264 e. The van der Waals surface area contributed by atoms with E-state index in [0.717, 1.165) is 68.9 Å². The Balaban J connectivity index is 0.890. The van der Waals surface area contributed by atoms with Gasteiger partial charge in [0.15, 0.2) is 11.5 Å². The van der Waals surface area contributed by atoms with Gasteiger partial charge < -0.3 is 0 Å². The molecule has 0 aliphatic heterocycles. The molecule has 9 aromatic rings. The normalized spacial score (nSPS) is 13.6. The lowest BCUT2D eigenvalue weighted by Crippen LogP contribution is -2.28. The van der Waals surface area contributed by atoms with E-state index in [1.807, 2.05) is 36.5 Å². The Labute approximate surface area is 363 Å². The summed E-state index contributed by atoms with van der Waals surface area (Å²) in [5.74, 6) is 0.695. The fourth-order valence-electron chi connectivity index (χ4n) is 9.84. The average molecular weight is 795 g/mol. The lowest BCUT2D eigenvalue weighted by Gasteiger charge is -2.36. The third-order valence-corrected chi connectivity index (χ3v) is 13.0. The number of aromatic nitrogens is 3. The van der Waals surface area contributed by atoms with Crippen LogP contribution in [0.4, 0.5) is 5.69 Å². The SMILES string of the molecule is [C-]#[N+]c1ccc2c(c1)C1(CCCCC1)c1cc(-c3cccc(-c4ccc(-c5cccc(-c6cc(-c7ccc(-c8cccnc8)cc7)nc(-c7ccccc7)n6)c5)cc4)c3)ccc1-2. The topological polar surface area (TPSA) is 43.0 Å². The summed E-state index contributed by atoms with van der Waals surface area (Å²) in [5.41, 5.74) is 20.3. The molecule has 1 saturated carbocycles. The van der Waals surface area contributed by atoms with Crippen LogP contribution in [0, 0.1) is 6.57 Å². The van der Waals surface area contributed by atoms with Crippen LogP contribution in [-0.4, -0.2) is 15.0 Å². The van der Waals surface area contributed by atoms with E-state index < -0.39 is 0 Å². The van der Waals surface area contributed by atoms with E-state index in [9.17, 15) is 0 Å². The first-order valence-corrected chi connectivity index (χ1v) is 21.6. The van der Waals surface area contributed by atoms with E-state index in [-0.39, 0.29) is 5.41 Å². The molecule has 0 bridgehead atoms. The summed E-state index contributed by atoms with van der Waals surface area (Å²) < 4.78 is 0. The maximum atomic E-state index is 7.71. The van der Waals surface area contributed by atoms with E-state index in [0.29, 0.717) is 5.82 Å². The highest BCUT2D eigenvalue weighted by Crippen LogP contribution is 2.57. The molecule has 0 saturated heterocycles. The lowest BCUT2D eigenvalue weighted by atomic mass is 9.67. The molecule has 2 aromatic heterocycles. The Bertz CT molecular complexity index is 3140. The molecule has 0 radical (unpaired) electrons. The van der Waals surface area contributed by atoms with Crippen LogP contribution in [0.25, 0.3) is 94.4 Å². The van der Waals surface area contributed by atoms with Crippen LogP contribution in [0.5, 0.6) is 0 Å². The van der Waals surface area contributed by atoms with Crippen LogP contribution < -0.4 is 0 Å². The highest BCUT2D eigenvalue weighted by molar-refractivity contribution is 5.86. The molecule has 7 aromatic carbocycles. The van der Waals surface area contributed by atoms with Crippen molar-refractivity contribution in [1.82, 2.24) is 15.0 Å². The molecule has 4 nitrogen and oxygen atoms in total. The minimum absolute atomic E-state index is 0.00233. The Morgan fingerprint density at radius 3 is 1.58 bits per heavy atom. The van der Waals surface area contributed by atoms with Gasteiger partial charge in [0.05, 0.1) is 18.0 Å². The fourth-order valence-corrected chi connectivity index (χ4v) is 9.84. The van der Waals surface area contributed by atoms with Gasteiger partial charge in [-0.25, -0.2) is 14.8 Å². The van der Waals surface area contributed by atoms with Crippen molar-refractivity contribution in [3.63, 3.8) is 0 Å². The predicted octanol–water partition coefficient (Wildman–Crippen LogP) is 15.3. The molecule has 0 atom stereocenters. The number of benzene rings is 7. The van der Waals surface area contributed by atoms with E-state index in [1.54, 1.807) is 6.20 Å². The molecule has 62 heavy (non-hydrogen) atoms. The minimum atomic E-state index is -0.00233. The van der Waals surface area contributed by atoms with Gasteiger partial charge in [0, 0.05) is 34.5 Å². The maximum absolute atomic E-state index is 7.71. The Kier molecular flexibility index (Phi) is 9.44. The zero-order valence-corrected chi connectivity index (χ0v) is 34.3. The smallest absolute Gasteiger partial charge is 0.187 e. The molecule has 11 rings (SSSR count). The molecule has 294 valence electrons. The first-order chi connectivity index (χ1) is 30.6. The summed E-state index contributed by atoms with van der Waals surface area (Å²) in [6.07, 6.45) is 9.70. The van der Waals surface area contributed by atoms with Crippen LogP contribution in [0.15, 0.2) is 194 Å². The predicted molar refractivity (Wildman–Crippen MR) is 253 cm³/mol. The number of pyridine rings is 1. The standard InChI is InChI=1S/C58H42N4/c1-59-50-27-29-52-51-28-26-47(35-53(51)58(54(52)36-50)30-6-3-7-31-58)46-15-8-13-44(33-46)39-18-20-40(21-19-39)45-14-9-16-48(34-45)56-37-55(61-57(62-56)43-11-4-2-5-12-43)42-24-22-41(23-25-42)49-17-10-32-60-38-49/h2,4-5,8-29,32-38H,3,6-7,30-31H2. The molecular weight excluding hydrogens is 753 g/mol. The summed E-state index contributed by atoms with van der Waals surface area (Å²) in [4.78, 5) is 18.3. The van der Waals surface area contributed by atoms with Crippen molar-refractivity contribution in [3.05, 3.63) is 217 Å². The van der Waals surface area contributed by atoms with Crippen molar-refractivity contribution in [2.75, 3.05) is 0 Å². The van der Waals surface area contributed by atoms with Gasteiger partial charge in [0.1, 0.15) is 0 Å². The molecular formula is C58H42N4. The van der Waals surface area contributed by atoms with Crippen molar-refractivity contribution in [2.45, 2.75) is 37.5 Å². The van der Waals surface area contributed by atoms with Crippen LogP contribution in [-0.2, 0) is 5.41 Å². The van der Waals surface area contributed by atoms with Gasteiger partial charge in [-0.15, -0.1) is 0 Å². The van der Waals surface area contributed by atoms with Crippen molar-refractivity contribution in [2.24, 2.45) is 0 Å². The summed E-state index contributed by atoms with van der Waals surface area (Å²) in [5, 5.41) is 0. The first-order valence-electron chi connectivity index (χ1n) is 21.6. The summed E-state index contributed by atoms with van der Waals surface area (Å²) in [7, 11) is 0. The molecule has 0 unspecified atom stereocenters. The zero-order chi connectivity index (χ0) is 41.5. The highest BCUT2D eigenvalue weighted by atomic mass is 14.9. The second-order valence-corrected chi connectivity index (χ2v) is 16.6. The van der Waals surface area contributed by atoms with Gasteiger partial charge in [-0.3, -0.25) is 4.98 Å². The number of fused-ring (bicyclic) bond motifs is 5. The maximum Gasteiger partial charge on any atom is 0.187 e. The molecule has 4 heteroatoms. The third-order valence-electron chi connectivity index (χ3n) is 13.0. The summed E-state index contributed by atoms with van der Waals surface area (Å²) in [6.45, 7) is 7.71. The summed E-state index contributed by atoms with van der Waals surface area (Å²) in [6, 6.07) is 64.8. The van der Waals surface area contributed by atoms with Crippen LogP contribution in [0.1, 0.15) is 43.2 Å². The van der Waals surface area contributed by atoms with Crippen LogP contribution in [0.2, 0.25) is 0 Å². The van der Waals surface area contributed by atoms with E-state index >= 15 is 0 Å². The lowest BCUT2D eigenvalue weighted by molar-refractivity contribution is 0.353. The van der Waals surface area contributed by atoms with Crippen molar-refractivity contribution in [1.29, 1.82) is 0 Å². The highest BCUT2D eigenvalue weighted by Gasteiger charge is 2.43. The number of nitrogens with zero attached hydrogens (tertiary/aromatic N) is 4. The number of hydrogen-bond acceptors (Lipinski definition) is 3. The van der Waals surface area contributed by atoms with Crippen molar-refractivity contribution in [3.8, 4) is 89.5 Å². The molecule has 2 aliphatic carbocycles. The molecule has 1 spiro atoms. The van der Waals surface area contributed by atoms with Crippen molar-refractivity contribution < 1.29 is 0 Å². The van der Waals surface area contributed by atoms with E-state index in [2.05, 4.69) is 161 Å². The van der Waals surface area contributed by atoms with Gasteiger partial charge >= 0.3 is 0 Å². The monoisotopic (exact) mass is 794 g/mol. The van der Waals surface area contributed by atoms with Gasteiger partial charge in [-0.2, -0.15) is 0 Å².